The summed E-state index contributed by atoms with van der Waals surface area (Å²) >= 11 is 0. The minimum Gasteiger partial charge on any atom is -0.379 e. The van der Waals surface area contributed by atoms with E-state index in [1.54, 1.807) is 0 Å². The maximum absolute atomic E-state index is 6.01. The maximum Gasteiger partial charge on any atom is 0.180 e. The third-order valence-corrected chi connectivity index (χ3v) is 3.78. The summed E-state index contributed by atoms with van der Waals surface area (Å²) < 4.78 is 17.3. The van der Waals surface area contributed by atoms with Gasteiger partial charge in [-0.25, -0.2) is 0 Å². The highest BCUT2D eigenvalue weighted by Gasteiger charge is 2.28. The van der Waals surface area contributed by atoms with Crippen LogP contribution >= 0.6 is 0 Å². The molecule has 1 saturated heterocycles. The van der Waals surface area contributed by atoms with Crippen molar-refractivity contribution in [1.29, 1.82) is 0 Å². The fourth-order valence-electron chi connectivity index (χ4n) is 2.58. The second-order valence-corrected chi connectivity index (χ2v) is 5.67. The number of rotatable bonds is 9. The zero-order valence-electron chi connectivity index (χ0n) is 13.8. The second kappa shape index (κ2) is 9.78. The van der Waals surface area contributed by atoms with E-state index in [-0.39, 0.29) is 12.4 Å². The smallest absolute Gasteiger partial charge is 0.180 e. The van der Waals surface area contributed by atoms with E-state index in [4.69, 9.17) is 14.2 Å². The van der Waals surface area contributed by atoms with Crippen molar-refractivity contribution in [3.63, 3.8) is 0 Å². The van der Waals surface area contributed by atoms with Crippen molar-refractivity contribution in [3.8, 4) is 0 Å². The van der Waals surface area contributed by atoms with Crippen LogP contribution in [0.4, 0.5) is 0 Å². The summed E-state index contributed by atoms with van der Waals surface area (Å²) in [6.07, 6.45) is 6.70. The first-order valence-corrected chi connectivity index (χ1v) is 8.43. The molecule has 1 aromatic rings. The van der Waals surface area contributed by atoms with Gasteiger partial charge in [0.05, 0.1) is 13.2 Å². The molecule has 3 nitrogen and oxygen atoms in total. The summed E-state index contributed by atoms with van der Waals surface area (Å²) in [6, 6.07) is 10.4. The number of unbranched alkanes of at least 4 members (excludes halogenated alkanes) is 2. The van der Waals surface area contributed by atoms with E-state index < -0.39 is 0 Å². The van der Waals surface area contributed by atoms with Crippen molar-refractivity contribution >= 4 is 6.08 Å². The van der Waals surface area contributed by atoms with Gasteiger partial charge in [0.25, 0.3) is 0 Å². The Labute approximate surface area is 134 Å². The normalized spacial score (nSPS) is 22.2. The predicted octanol–water partition coefficient (Wildman–Crippen LogP) is 4.43. The van der Waals surface area contributed by atoms with Gasteiger partial charge in [-0.15, -0.1) is 0 Å². The lowest BCUT2D eigenvalue weighted by Crippen LogP contribution is -2.19. The molecule has 0 radical (unpaired) electrons. The molecule has 1 fully saturated rings. The first-order chi connectivity index (χ1) is 10.8. The van der Waals surface area contributed by atoms with Gasteiger partial charge >= 0.3 is 0 Å². The number of benzene rings is 1. The molecule has 122 valence electrons. The second-order valence-electron chi connectivity index (χ2n) is 5.67. The molecule has 0 aliphatic carbocycles. The van der Waals surface area contributed by atoms with Gasteiger partial charge in [0.2, 0.25) is 0 Å². The average molecular weight is 304 g/mol. The Morgan fingerprint density at radius 2 is 2.05 bits per heavy atom. The van der Waals surface area contributed by atoms with Crippen molar-refractivity contribution in [2.24, 2.45) is 0 Å². The van der Waals surface area contributed by atoms with Crippen LogP contribution in [0.1, 0.15) is 45.1 Å². The van der Waals surface area contributed by atoms with Gasteiger partial charge in [-0.05, 0) is 30.9 Å². The van der Waals surface area contributed by atoms with Gasteiger partial charge in [-0.1, -0.05) is 56.2 Å². The van der Waals surface area contributed by atoms with Crippen LogP contribution in [0.25, 0.3) is 6.08 Å². The molecule has 22 heavy (non-hydrogen) atoms. The SMILES string of the molecule is CCCCC/C(=C\c1ccccc1)[C@H]1OC[C@H](COCC)O1. The van der Waals surface area contributed by atoms with Gasteiger partial charge < -0.3 is 14.2 Å². The quantitative estimate of drug-likeness (QED) is 0.632. The van der Waals surface area contributed by atoms with Crippen LogP contribution in [-0.2, 0) is 14.2 Å². The fourth-order valence-corrected chi connectivity index (χ4v) is 2.58. The van der Waals surface area contributed by atoms with E-state index in [9.17, 15) is 0 Å². The van der Waals surface area contributed by atoms with Crippen molar-refractivity contribution in [2.45, 2.75) is 51.9 Å². The van der Waals surface area contributed by atoms with Crippen molar-refractivity contribution in [3.05, 3.63) is 41.5 Å². The van der Waals surface area contributed by atoms with Crippen LogP contribution in [0.3, 0.4) is 0 Å². The highest BCUT2D eigenvalue weighted by atomic mass is 16.7. The minimum atomic E-state index is -0.220. The monoisotopic (exact) mass is 304 g/mol. The molecule has 0 amide bonds. The van der Waals surface area contributed by atoms with E-state index in [0.717, 1.165) is 6.42 Å². The van der Waals surface area contributed by atoms with E-state index in [1.165, 1.54) is 30.4 Å². The van der Waals surface area contributed by atoms with Gasteiger partial charge in [-0.3, -0.25) is 0 Å². The van der Waals surface area contributed by atoms with Crippen molar-refractivity contribution in [2.75, 3.05) is 19.8 Å². The molecule has 0 bridgehead atoms. The molecule has 0 unspecified atom stereocenters. The van der Waals surface area contributed by atoms with Gasteiger partial charge in [0.15, 0.2) is 6.29 Å². The Kier molecular flexibility index (Phi) is 7.64. The van der Waals surface area contributed by atoms with Crippen LogP contribution in [0, 0.1) is 0 Å². The van der Waals surface area contributed by atoms with Crippen LogP contribution in [-0.4, -0.2) is 32.2 Å². The molecule has 0 saturated carbocycles. The van der Waals surface area contributed by atoms with Crippen molar-refractivity contribution in [1.82, 2.24) is 0 Å². The Bertz CT molecular complexity index is 441. The first kappa shape index (κ1) is 17.2. The molecule has 0 aromatic heterocycles. The third-order valence-electron chi connectivity index (χ3n) is 3.78. The number of hydrogen-bond acceptors (Lipinski definition) is 3. The molecule has 1 aromatic carbocycles. The number of ether oxygens (including phenoxy) is 3. The first-order valence-electron chi connectivity index (χ1n) is 8.43. The largest absolute Gasteiger partial charge is 0.379 e. The van der Waals surface area contributed by atoms with Crippen LogP contribution in [0.5, 0.6) is 0 Å². The maximum atomic E-state index is 6.01. The third kappa shape index (κ3) is 5.56. The standard InChI is InChI=1S/C19H28O3/c1-3-5-7-12-17(13-16-10-8-6-9-11-16)19-21-15-18(22-19)14-20-4-2/h6,8-11,13,18-19H,3-5,7,12,14-15H2,1-2H3/b17-13+/t18-,19-/m0/s1. The zero-order valence-corrected chi connectivity index (χ0v) is 13.8. The summed E-state index contributed by atoms with van der Waals surface area (Å²) in [5.41, 5.74) is 2.44. The summed E-state index contributed by atoms with van der Waals surface area (Å²) in [5, 5.41) is 0. The molecule has 3 heteroatoms. The van der Waals surface area contributed by atoms with Crippen molar-refractivity contribution < 1.29 is 14.2 Å². The Hall–Kier alpha value is -1.16. The van der Waals surface area contributed by atoms with E-state index in [1.807, 2.05) is 13.0 Å². The van der Waals surface area contributed by atoms with Crippen LogP contribution < -0.4 is 0 Å². The summed E-state index contributed by atoms with van der Waals surface area (Å²) in [5.74, 6) is 0. The molecular weight excluding hydrogens is 276 g/mol. The fraction of sp³-hybridized carbons (Fsp3) is 0.579. The summed E-state index contributed by atoms with van der Waals surface area (Å²) in [6.45, 7) is 6.17. The Morgan fingerprint density at radius 1 is 1.23 bits per heavy atom. The Morgan fingerprint density at radius 3 is 2.77 bits per heavy atom. The van der Waals surface area contributed by atoms with E-state index in [0.29, 0.717) is 19.8 Å². The average Bonchev–Trinajstić information content (AvgIpc) is 3.02. The van der Waals surface area contributed by atoms with Gasteiger partial charge in [0.1, 0.15) is 6.10 Å². The highest BCUT2D eigenvalue weighted by molar-refractivity contribution is 5.53. The minimum absolute atomic E-state index is 0.0512. The van der Waals surface area contributed by atoms with Gasteiger partial charge in [0, 0.05) is 6.61 Å². The zero-order chi connectivity index (χ0) is 15.6. The molecule has 0 spiro atoms. The highest BCUT2D eigenvalue weighted by Crippen LogP contribution is 2.25. The lowest BCUT2D eigenvalue weighted by atomic mass is 10.0. The molecular formula is C19H28O3. The molecule has 0 N–H and O–H groups in total. The molecule has 2 atom stereocenters. The summed E-state index contributed by atoms with van der Waals surface area (Å²) in [4.78, 5) is 0. The number of hydrogen-bond donors (Lipinski definition) is 0. The molecule has 1 heterocycles. The lowest BCUT2D eigenvalue weighted by molar-refractivity contribution is -0.0470. The van der Waals surface area contributed by atoms with Gasteiger partial charge in [-0.2, -0.15) is 0 Å². The lowest BCUT2D eigenvalue weighted by Gasteiger charge is -2.16. The molecule has 1 aliphatic rings. The van der Waals surface area contributed by atoms with E-state index in [2.05, 4.69) is 37.3 Å². The summed E-state index contributed by atoms with van der Waals surface area (Å²) in [7, 11) is 0. The molecule has 1 aliphatic heterocycles. The Balaban J connectivity index is 2.00. The molecule has 2 rings (SSSR count). The topological polar surface area (TPSA) is 27.7 Å². The predicted molar refractivity (Wildman–Crippen MR) is 89.7 cm³/mol. The van der Waals surface area contributed by atoms with Crippen LogP contribution in [0.2, 0.25) is 0 Å². The van der Waals surface area contributed by atoms with E-state index >= 15 is 0 Å². The van der Waals surface area contributed by atoms with Crippen LogP contribution in [0.15, 0.2) is 35.9 Å².